The van der Waals surface area contributed by atoms with E-state index in [2.05, 4.69) is 15.4 Å². The monoisotopic (exact) mass is 507 g/mol. The fourth-order valence-electron chi connectivity index (χ4n) is 4.17. The summed E-state index contributed by atoms with van der Waals surface area (Å²) in [5.41, 5.74) is -0.331. The van der Waals surface area contributed by atoms with E-state index in [1.165, 1.54) is 10.9 Å². The van der Waals surface area contributed by atoms with Gasteiger partial charge in [-0.15, -0.1) is 0 Å². The molecule has 1 aromatic carbocycles. The average Bonchev–Trinajstić information content (AvgIpc) is 3.13. The van der Waals surface area contributed by atoms with Gasteiger partial charge in [-0.1, -0.05) is 0 Å². The van der Waals surface area contributed by atoms with Gasteiger partial charge in [0.05, 0.1) is 49.4 Å². The van der Waals surface area contributed by atoms with Crippen LogP contribution in [0.25, 0.3) is 0 Å². The normalized spacial score (nSPS) is 16.4. The molecule has 2 fully saturated rings. The SMILES string of the molecule is Cn1cc(NC(=O)c2c(N3CC(Oc4cc(F)cc(C(F)(F)F)c4)C3)c(C3COC3)c[nH]c2=O)cn1. The molecule has 2 saturated heterocycles. The molecule has 2 N–H and O–H groups in total. The Balaban J connectivity index is 1.40. The lowest BCUT2D eigenvalue weighted by atomic mass is 9.93. The Bertz CT molecular complexity index is 1360. The first-order chi connectivity index (χ1) is 17.1. The van der Waals surface area contributed by atoms with E-state index in [1.807, 2.05) is 0 Å². The van der Waals surface area contributed by atoms with Crippen LogP contribution in [0.2, 0.25) is 0 Å². The van der Waals surface area contributed by atoms with Crippen LogP contribution in [0, 0.1) is 5.82 Å². The topological polar surface area (TPSA) is 101 Å². The van der Waals surface area contributed by atoms with Crippen LogP contribution in [0.15, 0.2) is 41.6 Å². The highest BCUT2D eigenvalue weighted by molar-refractivity contribution is 6.08. The molecule has 36 heavy (non-hydrogen) atoms. The minimum absolute atomic E-state index is 0.0423. The van der Waals surface area contributed by atoms with Crippen LogP contribution in [-0.4, -0.2) is 53.1 Å². The highest BCUT2D eigenvalue weighted by atomic mass is 19.4. The molecule has 0 spiro atoms. The van der Waals surface area contributed by atoms with E-state index in [1.54, 1.807) is 24.3 Å². The van der Waals surface area contributed by atoms with E-state index in [0.29, 0.717) is 36.2 Å². The molecule has 2 aliphatic heterocycles. The summed E-state index contributed by atoms with van der Waals surface area (Å²) in [6.45, 7) is 1.18. The molecule has 0 atom stereocenters. The Hall–Kier alpha value is -3.87. The third kappa shape index (κ3) is 4.65. The van der Waals surface area contributed by atoms with Crippen molar-refractivity contribution in [2.24, 2.45) is 7.05 Å². The van der Waals surface area contributed by atoms with Crippen molar-refractivity contribution in [3.05, 3.63) is 69.7 Å². The van der Waals surface area contributed by atoms with Crippen molar-refractivity contribution in [2.75, 3.05) is 36.5 Å². The molecule has 2 aliphatic rings. The Morgan fingerprint density at radius 1 is 1.25 bits per heavy atom. The van der Waals surface area contributed by atoms with Gasteiger partial charge < -0.3 is 24.7 Å². The van der Waals surface area contributed by atoms with Crippen LogP contribution in [0.3, 0.4) is 0 Å². The van der Waals surface area contributed by atoms with Crippen molar-refractivity contribution in [2.45, 2.75) is 18.2 Å². The first-order valence-corrected chi connectivity index (χ1v) is 11.0. The number of H-pyrrole nitrogens is 1. The zero-order valence-electron chi connectivity index (χ0n) is 18.9. The number of nitrogens with zero attached hydrogens (tertiary/aromatic N) is 3. The van der Waals surface area contributed by atoms with Crippen LogP contribution in [0.5, 0.6) is 5.75 Å². The zero-order valence-corrected chi connectivity index (χ0v) is 18.9. The van der Waals surface area contributed by atoms with Gasteiger partial charge in [-0.2, -0.15) is 18.3 Å². The lowest BCUT2D eigenvalue weighted by molar-refractivity contribution is -0.137. The van der Waals surface area contributed by atoms with E-state index in [4.69, 9.17) is 9.47 Å². The summed E-state index contributed by atoms with van der Waals surface area (Å²) in [4.78, 5) is 30.3. The van der Waals surface area contributed by atoms with Gasteiger partial charge in [-0.05, 0) is 12.1 Å². The number of aryl methyl sites for hydroxylation is 1. The number of anilines is 2. The van der Waals surface area contributed by atoms with E-state index in [-0.39, 0.29) is 30.3 Å². The number of benzene rings is 1. The summed E-state index contributed by atoms with van der Waals surface area (Å²) in [7, 11) is 1.68. The number of aromatic nitrogens is 3. The van der Waals surface area contributed by atoms with Crippen molar-refractivity contribution >= 4 is 17.3 Å². The van der Waals surface area contributed by atoms with Gasteiger partial charge in [-0.25, -0.2) is 4.39 Å². The first-order valence-electron chi connectivity index (χ1n) is 11.0. The number of rotatable bonds is 6. The van der Waals surface area contributed by atoms with Crippen molar-refractivity contribution < 1.29 is 31.8 Å². The first kappa shape index (κ1) is 23.9. The number of hydrogen-bond donors (Lipinski definition) is 2. The van der Waals surface area contributed by atoms with Crippen molar-refractivity contribution in [3.8, 4) is 5.75 Å². The molecule has 3 aromatic rings. The Morgan fingerprint density at radius 3 is 2.61 bits per heavy atom. The highest BCUT2D eigenvalue weighted by Gasteiger charge is 2.38. The molecule has 5 rings (SSSR count). The average molecular weight is 507 g/mol. The lowest BCUT2D eigenvalue weighted by Crippen LogP contribution is -2.55. The molecule has 0 radical (unpaired) electrons. The second kappa shape index (κ2) is 8.97. The van der Waals surface area contributed by atoms with Crippen LogP contribution >= 0.6 is 0 Å². The molecular formula is C23H21F4N5O4. The zero-order chi connectivity index (χ0) is 25.6. The summed E-state index contributed by atoms with van der Waals surface area (Å²) >= 11 is 0. The maximum Gasteiger partial charge on any atom is 0.416 e. The lowest BCUT2D eigenvalue weighted by Gasteiger charge is -2.43. The number of alkyl halides is 3. The largest absolute Gasteiger partial charge is 0.487 e. The summed E-state index contributed by atoms with van der Waals surface area (Å²) in [5.74, 6) is -1.99. The number of ether oxygens (including phenoxy) is 2. The summed E-state index contributed by atoms with van der Waals surface area (Å²) < 4.78 is 65.2. The molecule has 4 heterocycles. The number of carbonyl (C=O) groups is 1. The molecule has 1 amide bonds. The summed E-state index contributed by atoms with van der Waals surface area (Å²) in [6, 6.07) is 2.02. The molecule has 0 saturated carbocycles. The van der Waals surface area contributed by atoms with Gasteiger partial charge in [-0.3, -0.25) is 14.3 Å². The summed E-state index contributed by atoms with van der Waals surface area (Å²) in [6.07, 6.45) is -0.726. The predicted octanol–water partition coefficient (Wildman–Crippen LogP) is 2.90. The maximum absolute atomic E-state index is 13.7. The standard InChI is InChI=1S/C23H21F4N5O4/c1-31-7-15(5-29-31)30-22(34)19-20(18(6-28-21(19)33)12-10-35-11-12)32-8-17(9-32)36-16-3-13(23(25,26)27)2-14(24)4-16/h2-7,12,17H,8-11H2,1H3,(H,28,33)(H,30,34). The number of nitrogens with one attached hydrogen (secondary N) is 2. The highest BCUT2D eigenvalue weighted by Crippen LogP contribution is 2.37. The number of carbonyl (C=O) groups excluding carboxylic acids is 1. The Labute approximate surface area is 201 Å². The Kier molecular flexibility index (Phi) is 5.94. The van der Waals surface area contributed by atoms with Gasteiger partial charge in [0.15, 0.2) is 0 Å². The maximum atomic E-state index is 13.7. The number of pyridine rings is 1. The van der Waals surface area contributed by atoms with Crippen LogP contribution in [-0.2, 0) is 18.0 Å². The van der Waals surface area contributed by atoms with E-state index < -0.39 is 35.1 Å². The van der Waals surface area contributed by atoms with Gasteiger partial charge in [0, 0.05) is 37.0 Å². The van der Waals surface area contributed by atoms with Gasteiger partial charge in [0.1, 0.15) is 23.2 Å². The van der Waals surface area contributed by atoms with E-state index >= 15 is 0 Å². The predicted molar refractivity (Wildman–Crippen MR) is 120 cm³/mol. The smallest absolute Gasteiger partial charge is 0.416 e. The molecule has 190 valence electrons. The van der Waals surface area contributed by atoms with Crippen molar-refractivity contribution in [1.82, 2.24) is 14.8 Å². The minimum Gasteiger partial charge on any atom is -0.487 e. The molecule has 0 unspecified atom stereocenters. The molecule has 0 aliphatic carbocycles. The van der Waals surface area contributed by atoms with Gasteiger partial charge in [0.25, 0.3) is 11.5 Å². The van der Waals surface area contributed by atoms with Crippen molar-refractivity contribution in [3.63, 3.8) is 0 Å². The molecule has 2 aromatic heterocycles. The number of amides is 1. The fraction of sp³-hybridized carbons (Fsp3) is 0.348. The molecule has 9 nitrogen and oxygen atoms in total. The van der Waals surface area contributed by atoms with Crippen molar-refractivity contribution in [1.29, 1.82) is 0 Å². The van der Waals surface area contributed by atoms with Crippen LogP contribution in [0.1, 0.15) is 27.4 Å². The minimum atomic E-state index is -4.72. The second-order valence-electron chi connectivity index (χ2n) is 8.71. The van der Waals surface area contributed by atoms with Gasteiger partial charge in [0.2, 0.25) is 0 Å². The molecule has 13 heteroatoms. The molecular weight excluding hydrogens is 486 g/mol. The number of hydrogen-bond acceptors (Lipinski definition) is 6. The molecule has 0 bridgehead atoms. The van der Waals surface area contributed by atoms with Crippen LogP contribution < -0.4 is 20.5 Å². The fourth-order valence-corrected chi connectivity index (χ4v) is 4.17. The number of aromatic amines is 1. The Morgan fingerprint density at radius 2 is 2.00 bits per heavy atom. The third-order valence-corrected chi connectivity index (χ3v) is 6.03. The second-order valence-corrected chi connectivity index (χ2v) is 8.71. The number of halogens is 4. The quantitative estimate of drug-likeness (QED) is 0.498. The third-order valence-electron chi connectivity index (χ3n) is 6.03. The van der Waals surface area contributed by atoms with Crippen LogP contribution in [0.4, 0.5) is 28.9 Å². The van der Waals surface area contributed by atoms with Gasteiger partial charge >= 0.3 is 6.18 Å². The van der Waals surface area contributed by atoms with E-state index in [9.17, 15) is 27.2 Å². The summed E-state index contributed by atoms with van der Waals surface area (Å²) in [5, 5.41) is 6.66. The van der Waals surface area contributed by atoms with E-state index in [0.717, 1.165) is 12.1 Å².